The van der Waals surface area contributed by atoms with Crippen LogP contribution in [-0.2, 0) is 12.8 Å². The van der Waals surface area contributed by atoms with Crippen LogP contribution < -0.4 is 5.73 Å². The number of hydrogen-bond donors (Lipinski definition) is 1. The Morgan fingerprint density at radius 2 is 2.05 bits per heavy atom. The summed E-state index contributed by atoms with van der Waals surface area (Å²) in [6.45, 7) is 5.40. The molecule has 1 aromatic heterocycles. The lowest BCUT2D eigenvalue weighted by atomic mass is 9.78. The zero-order valence-corrected chi connectivity index (χ0v) is 12.4. The molecule has 19 heavy (non-hydrogen) atoms. The Kier molecular flexibility index (Phi) is 3.66. The van der Waals surface area contributed by atoms with Crippen LogP contribution in [0.25, 0.3) is 0 Å². The van der Waals surface area contributed by atoms with Crippen LogP contribution in [0.3, 0.4) is 0 Å². The molecule has 3 heteroatoms. The molecule has 3 atom stereocenters. The van der Waals surface area contributed by atoms with Crippen LogP contribution in [0.4, 0.5) is 0 Å². The van der Waals surface area contributed by atoms with E-state index in [-0.39, 0.29) is 0 Å². The third-order valence-corrected chi connectivity index (χ3v) is 5.20. The normalized spacial score (nSPS) is 31.2. The summed E-state index contributed by atoms with van der Waals surface area (Å²) in [5, 5.41) is 0. The third kappa shape index (κ3) is 2.33. The fourth-order valence-electron chi connectivity index (χ4n) is 4.14. The number of aryl methyl sites for hydroxylation is 2. The third-order valence-electron chi connectivity index (χ3n) is 5.20. The highest BCUT2D eigenvalue weighted by Crippen LogP contribution is 2.39. The van der Waals surface area contributed by atoms with Crippen LogP contribution in [0.2, 0.25) is 0 Å². The minimum Gasteiger partial charge on any atom is -0.330 e. The summed E-state index contributed by atoms with van der Waals surface area (Å²) >= 11 is 0. The molecule has 2 aliphatic rings. The Morgan fingerprint density at radius 3 is 2.84 bits per heavy atom. The molecule has 0 bridgehead atoms. The summed E-state index contributed by atoms with van der Waals surface area (Å²) in [7, 11) is 0. The first-order chi connectivity index (χ1) is 9.20. The van der Waals surface area contributed by atoms with Gasteiger partial charge in [0.2, 0.25) is 0 Å². The van der Waals surface area contributed by atoms with Crippen LogP contribution >= 0.6 is 0 Å². The molecule has 2 N–H and O–H groups in total. The molecule has 1 fully saturated rings. The molecular weight excluding hydrogens is 234 g/mol. The van der Waals surface area contributed by atoms with E-state index in [0.717, 1.165) is 12.5 Å². The number of aromatic nitrogens is 2. The van der Waals surface area contributed by atoms with Crippen LogP contribution in [0.1, 0.15) is 62.3 Å². The Morgan fingerprint density at radius 1 is 1.26 bits per heavy atom. The topological polar surface area (TPSA) is 43.8 Å². The molecule has 3 unspecified atom stereocenters. The minimum atomic E-state index is 0.600. The zero-order chi connectivity index (χ0) is 13.4. The molecule has 0 spiro atoms. The first-order valence-electron chi connectivity index (χ1n) is 7.97. The fourth-order valence-corrected chi connectivity index (χ4v) is 4.14. The van der Waals surface area contributed by atoms with Crippen LogP contribution in [0.15, 0.2) is 0 Å². The highest BCUT2D eigenvalue weighted by Gasteiger charge is 2.32. The van der Waals surface area contributed by atoms with Crippen molar-refractivity contribution in [3.8, 4) is 0 Å². The molecule has 1 saturated carbocycles. The van der Waals surface area contributed by atoms with E-state index in [0.29, 0.717) is 12.0 Å². The molecule has 3 nitrogen and oxygen atoms in total. The Labute approximate surface area is 116 Å². The van der Waals surface area contributed by atoms with Gasteiger partial charge in [-0.05, 0) is 63.8 Å². The molecule has 0 aliphatic heterocycles. The second-order valence-electron chi connectivity index (χ2n) is 6.61. The predicted octanol–water partition coefficient (Wildman–Crippen LogP) is 3.01. The number of nitrogens with zero attached hydrogens (tertiary/aromatic N) is 2. The lowest BCUT2D eigenvalue weighted by molar-refractivity contribution is 0.192. The second kappa shape index (κ2) is 5.28. The monoisotopic (exact) mass is 261 g/mol. The Balaban J connectivity index is 1.97. The molecule has 1 heterocycles. The van der Waals surface area contributed by atoms with E-state index in [9.17, 15) is 0 Å². The zero-order valence-electron chi connectivity index (χ0n) is 12.4. The lowest BCUT2D eigenvalue weighted by Gasteiger charge is -2.37. The minimum absolute atomic E-state index is 0.600. The summed E-state index contributed by atoms with van der Waals surface area (Å²) < 4.78 is 2.57. The largest absolute Gasteiger partial charge is 0.330 e. The van der Waals surface area contributed by atoms with Gasteiger partial charge in [-0.15, -0.1) is 0 Å². The molecule has 3 rings (SSSR count). The van der Waals surface area contributed by atoms with E-state index in [1.807, 2.05) is 0 Å². The van der Waals surface area contributed by atoms with Gasteiger partial charge in [0.25, 0.3) is 0 Å². The van der Waals surface area contributed by atoms with E-state index in [1.165, 1.54) is 62.2 Å². The SMILES string of the molecule is Cc1nc2c(n1C1CC(C)CCC1CN)CCCC2. The van der Waals surface area contributed by atoms with Crippen LogP contribution in [0.5, 0.6) is 0 Å². The molecule has 1 aromatic rings. The number of imidazole rings is 1. The Hall–Kier alpha value is -0.830. The first-order valence-corrected chi connectivity index (χ1v) is 7.97. The number of hydrogen-bond acceptors (Lipinski definition) is 2. The van der Waals surface area contributed by atoms with E-state index in [4.69, 9.17) is 10.7 Å². The quantitative estimate of drug-likeness (QED) is 0.889. The lowest BCUT2D eigenvalue weighted by Crippen LogP contribution is -2.33. The van der Waals surface area contributed by atoms with E-state index >= 15 is 0 Å². The van der Waals surface area contributed by atoms with Gasteiger partial charge in [0.1, 0.15) is 5.82 Å². The van der Waals surface area contributed by atoms with Crippen molar-refractivity contribution in [1.29, 1.82) is 0 Å². The molecular formula is C16H27N3. The molecule has 0 amide bonds. The van der Waals surface area contributed by atoms with Gasteiger partial charge in [-0.3, -0.25) is 0 Å². The van der Waals surface area contributed by atoms with E-state index < -0.39 is 0 Å². The van der Waals surface area contributed by atoms with Gasteiger partial charge < -0.3 is 10.3 Å². The average Bonchev–Trinajstić information content (AvgIpc) is 2.74. The maximum Gasteiger partial charge on any atom is 0.106 e. The van der Waals surface area contributed by atoms with Crippen molar-refractivity contribution in [1.82, 2.24) is 9.55 Å². The van der Waals surface area contributed by atoms with Crippen LogP contribution in [0, 0.1) is 18.8 Å². The summed E-state index contributed by atoms with van der Waals surface area (Å²) in [6, 6.07) is 0.600. The maximum absolute atomic E-state index is 6.04. The summed E-state index contributed by atoms with van der Waals surface area (Å²) in [6.07, 6.45) is 8.95. The van der Waals surface area contributed by atoms with Gasteiger partial charge in [-0.2, -0.15) is 0 Å². The van der Waals surface area contributed by atoms with Gasteiger partial charge in [-0.25, -0.2) is 4.98 Å². The van der Waals surface area contributed by atoms with Crippen LogP contribution in [-0.4, -0.2) is 16.1 Å². The standard InChI is InChI=1S/C16H27N3/c1-11-7-8-13(10-17)16(9-11)19-12(2)18-14-5-3-4-6-15(14)19/h11,13,16H,3-10,17H2,1-2H3. The summed E-state index contributed by atoms with van der Waals surface area (Å²) in [5.74, 6) is 2.70. The fraction of sp³-hybridized carbons (Fsp3) is 0.812. The maximum atomic E-state index is 6.04. The highest BCUT2D eigenvalue weighted by atomic mass is 15.1. The second-order valence-corrected chi connectivity index (χ2v) is 6.61. The average molecular weight is 261 g/mol. The van der Waals surface area contributed by atoms with Gasteiger partial charge >= 0.3 is 0 Å². The first kappa shape index (κ1) is 13.2. The van der Waals surface area contributed by atoms with E-state index in [1.54, 1.807) is 0 Å². The summed E-state index contributed by atoms with van der Waals surface area (Å²) in [4.78, 5) is 4.84. The van der Waals surface area contributed by atoms with Gasteiger partial charge in [0.15, 0.2) is 0 Å². The van der Waals surface area contributed by atoms with Crippen molar-refractivity contribution < 1.29 is 0 Å². The molecule has 0 radical (unpaired) electrons. The van der Waals surface area contributed by atoms with Crippen molar-refractivity contribution in [3.05, 3.63) is 17.2 Å². The number of nitrogens with two attached hydrogens (primary N) is 1. The highest BCUT2D eigenvalue weighted by molar-refractivity contribution is 5.21. The van der Waals surface area contributed by atoms with Gasteiger partial charge in [0.05, 0.1) is 5.69 Å². The predicted molar refractivity (Wildman–Crippen MR) is 78.2 cm³/mol. The Bertz CT molecular complexity index is 449. The van der Waals surface area contributed by atoms with Gasteiger partial charge in [0, 0.05) is 11.7 Å². The smallest absolute Gasteiger partial charge is 0.106 e. The number of fused-ring (bicyclic) bond motifs is 1. The molecule has 0 saturated heterocycles. The van der Waals surface area contributed by atoms with E-state index in [2.05, 4.69) is 18.4 Å². The van der Waals surface area contributed by atoms with Crippen molar-refractivity contribution >= 4 is 0 Å². The van der Waals surface area contributed by atoms with Crippen molar-refractivity contribution in [2.24, 2.45) is 17.6 Å². The number of rotatable bonds is 2. The molecule has 2 aliphatic carbocycles. The van der Waals surface area contributed by atoms with Crippen molar-refractivity contribution in [3.63, 3.8) is 0 Å². The van der Waals surface area contributed by atoms with Crippen molar-refractivity contribution in [2.75, 3.05) is 6.54 Å². The molecule has 0 aromatic carbocycles. The molecule has 106 valence electrons. The summed E-state index contributed by atoms with van der Waals surface area (Å²) in [5.41, 5.74) is 8.94. The van der Waals surface area contributed by atoms with Crippen molar-refractivity contribution in [2.45, 2.75) is 64.8 Å². The van der Waals surface area contributed by atoms with Gasteiger partial charge in [-0.1, -0.05) is 13.3 Å².